The van der Waals surface area contributed by atoms with Gasteiger partial charge in [-0.1, -0.05) is 12.1 Å². The molecule has 4 rings (SSSR count). The van der Waals surface area contributed by atoms with Gasteiger partial charge in [-0.25, -0.2) is 8.78 Å². The van der Waals surface area contributed by atoms with Crippen LogP contribution in [0.15, 0.2) is 65.1 Å². The summed E-state index contributed by atoms with van der Waals surface area (Å²) in [5.41, 5.74) is 1.04. The average Bonchev–Trinajstić information content (AvgIpc) is 3.51. The fraction of sp³-hybridized carbons (Fsp3) is 0.333. The smallest absolute Gasteiger partial charge is 0.254 e. The Kier molecular flexibility index (Phi) is 7.92. The van der Waals surface area contributed by atoms with E-state index < -0.39 is 5.82 Å². The molecule has 0 aliphatic carbocycles. The third-order valence-electron chi connectivity index (χ3n) is 5.93. The highest BCUT2D eigenvalue weighted by atomic mass is 19.1. The highest BCUT2D eigenvalue weighted by Gasteiger charge is 2.27. The molecule has 6 nitrogen and oxygen atoms in total. The Morgan fingerprint density at radius 2 is 1.60 bits per heavy atom. The van der Waals surface area contributed by atoms with E-state index in [2.05, 4.69) is 0 Å². The Morgan fingerprint density at radius 3 is 2.20 bits per heavy atom. The van der Waals surface area contributed by atoms with Gasteiger partial charge in [0.1, 0.15) is 29.7 Å². The second kappa shape index (κ2) is 11.3. The second-order valence-electron chi connectivity index (χ2n) is 8.72. The zero-order valence-corrected chi connectivity index (χ0v) is 19.6. The van der Waals surface area contributed by atoms with Gasteiger partial charge >= 0.3 is 0 Å². The van der Waals surface area contributed by atoms with E-state index in [4.69, 9.17) is 9.15 Å². The van der Waals surface area contributed by atoms with Crippen LogP contribution in [-0.4, -0.2) is 47.4 Å². The van der Waals surface area contributed by atoms with Gasteiger partial charge in [0.25, 0.3) is 5.91 Å². The molecule has 1 fully saturated rings. The third kappa shape index (κ3) is 6.76. The van der Waals surface area contributed by atoms with E-state index in [-0.39, 0.29) is 49.9 Å². The number of carbonyl (C=O) groups is 2. The van der Waals surface area contributed by atoms with Crippen molar-refractivity contribution in [2.75, 3.05) is 19.7 Å². The highest BCUT2D eigenvalue weighted by molar-refractivity contribution is 5.96. The number of carbonyl (C=O) groups excluding carboxylic acids is 2. The Morgan fingerprint density at radius 1 is 0.914 bits per heavy atom. The molecule has 1 saturated heterocycles. The van der Waals surface area contributed by atoms with E-state index in [0.717, 1.165) is 24.2 Å². The topological polar surface area (TPSA) is 63.0 Å². The molecule has 8 heteroatoms. The van der Waals surface area contributed by atoms with Crippen molar-refractivity contribution < 1.29 is 27.5 Å². The van der Waals surface area contributed by atoms with Crippen LogP contribution in [0.4, 0.5) is 8.78 Å². The van der Waals surface area contributed by atoms with Crippen molar-refractivity contribution in [3.05, 3.63) is 94.9 Å². The lowest BCUT2D eigenvalue weighted by molar-refractivity contribution is -0.133. The molecule has 1 aliphatic heterocycles. The SMILES string of the molecule is Cc1ccc(CN(Cc2ccc(F)cc2)C(=O)CN(CC2CCCO2)C(=O)c2ccc(F)cc2)o1. The van der Waals surface area contributed by atoms with E-state index >= 15 is 0 Å². The number of rotatable bonds is 9. The molecule has 2 heterocycles. The molecule has 35 heavy (non-hydrogen) atoms. The fourth-order valence-electron chi connectivity index (χ4n) is 4.09. The second-order valence-corrected chi connectivity index (χ2v) is 8.72. The first-order valence-electron chi connectivity index (χ1n) is 11.6. The quantitative estimate of drug-likeness (QED) is 0.443. The van der Waals surface area contributed by atoms with Gasteiger partial charge in [-0.2, -0.15) is 0 Å². The Hall–Kier alpha value is -3.52. The molecule has 2 aromatic carbocycles. The molecule has 2 amide bonds. The van der Waals surface area contributed by atoms with Crippen molar-refractivity contribution in [1.82, 2.24) is 9.80 Å². The van der Waals surface area contributed by atoms with E-state index in [1.165, 1.54) is 41.3 Å². The number of furan rings is 1. The standard InChI is InChI=1S/C27H28F2N2O4/c1-19-4-13-25(35-19)17-30(15-20-5-9-22(28)10-6-20)26(32)18-31(16-24-3-2-14-34-24)27(33)21-7-11-23(29)12-8-21/h4-13,24H,2-3,14-18H2,1H3. The van der Waals surface area contributed by atoms with Crippen LogP contribution >= 0.6 is 0 Å². The first-order chi connectivity index (χ1) is 16.9. The summed E-state index contributed by atoms with van der Waals surface area (Å²) >= 11 is 0. The van der Waals surface area contributed by atoms with Gasteiger partial charge in [-0.3, -0.25) is 9.59 Å². The maximum Gasteiger partial charge on any atom is 0.254 e. The average molecular weight is 483 g/mol. The molecule has 0 saturated carbocycles. The van der Waals surface area contributed by atoms with Gasteiger partial charge in [0, 0.05) is 25.3 Å². The first kappa shape index (κ1) is 24.6. The number of amides is 2. The minimum atomic E-state index is -0.442. The molecule has 184 valence electrons. The Bertz CT molecular complexity index is 1140. The normalized spacial score (nSPS) is 15.2. The predicted molar refractivity (Wildman–Crippen MR) is 125 cm³/mol. The zero-order chi connectivity index (χ0) is 24.8. The number of ether oxygens (including phenoxy) is 1. The van der Waals surface area contributed by atoms with Gasteiger partial charge in [-0.05, 0) is 73.9 Å². The van der Waals surface area contributed by atoms with Crippen LogP contribution in [0.3, 0.4) is 0 Å². The van der Waals surface area contributed by atoms with Gasteiger partial charge in [0.05, 0.1) is 12.6 Å². The van der Waals surface area contributed by atoms with Gasteiger partial charge < -0.3 is 19.0 Å². The third-order valence-corrected chi connectivity index (χ3v) is 5.93. The van der Waals surface area contributed by atoms with Crippen molar-refractivity contribution in [1.29, 1.82) is 0 Å². The number of benzene rings is 2. The van der Waals surface area contributed by atoms with Crippen LogP contribution in [0, 0.1) is 18.6 Å². The number of hydrogen-bond donors (Lipinski definition) is 0. The molecule has 0 spiro atoms. The molecule has 1 aliphatic rings. The molecular formula is C27H28F2N2O4. The summed E-state index contributed by atoms with van der Waals surface area (Å²) in [6.07, 6.45) is 1.53. The minimum absolute atomic E-state index is 0.162. The molecule has 1 unspecified atom stereocenters. The molecule has 0 radical (unpaired) electrons. The summed E-state index contributed by atoms with van der Waals surface area (Å²) in [6, 6.07) is 14.8. The van der Waals surface area contributed by atoms with Crippen molar-refractivity contribution >= 4 is 11.8 Å². The Labute approximate surface area is 203 Å². The first-order valence-corrected chi connectivity index (χ1v) is 11.6. The van der Waals surface area contributed by atoms with E-state index in [9.17, 15) is 18.4 Å². The summed E-state index contributed by atoms with van der Waals surface area (Å²) in [5.74, 6) is -0.140. The lowest BCUT2D eigenvalue weighted by atomic mass is 10.1. The number of nitrogens with zero attached hydrogens (tertiary/aromatic N) is 2. The van der Waals surface area contributed by atoms with Crippen LogP contribution in [-0.2, 0) is 22.6 Å². The number of hydrogen-bond acceptors (Lipinski definition) is 4. The van der Waals surface area contributed by atoms with Crippen molar-refractivity contribution in [3.8, 4) is 0 Å². The lowest BCUT2D eigenvalue weighted by Crippen LogP contribution is -2.45. The largest absolute Gasteiger partial charge is 0.464 e. The van der Waals surface area contributed by atoms with Crippen LogP contribution in [0.2, 0.25) is 0 Å². The summed E-state index contributed by atoms with van der Waals surface area (Å²) < 4.78 is 38.2. The van der Waals surface area contributed by atoms with Gasteiger partial charge in [0.15, 0.2) is 0 Å². The van der Waals surface area contributed by atoms with Crippen LogP contribution in [0.25, 0.3) is 0 Å². The molecule has 1 aromatic heterocycles. The highest BCUT2D eigenvalue weighted by Crippen LogP contribution is 2.18. The zero-order valence-electron chi connectivity index (χ0n) is 19.6. The van der Waals surface area contributed by atoms with Crippen molar-refractivity contribution in [2.45, 2.75) is 39.0 Å². The van der Waals surface area contributed by atoms with Gasteiger partial charge in [0.2, 0.25) is 5.91 Å². The summed E-state index contributed by atoms with van der Waals surface area (Å²) in [7, 11) is 0. The number of halogens is 2. The van der Waals surface area contributed by atoms with Gasteiger partial charge in [-0.15, -0.1) is 0 Å². The lowest BCUT2D eigenvalue weighted by Gasteiger charge is -2.29. The van der Waals surface area contributed by atoms with Crippen molar-refractivity contribution in [2.24, 2.45) is 0 Å². The molecular weight excluding hydrogens is 454 g/mol. The maximum atomic E-state index is 13.5. The summed E-state index contributed by atoms with van der Waals surface area (Å²) in [6.45, 7) is 2.93. The number of aryl methyl sites for hydroxylation is 1. The molecule has 0 N–H and O–H groups in total. The maximum absolute atomic E-state index is 13.5. The van der Waals surface area contributed by atoms with Crippen LogP contribution in [0.1, 0.15) is 40.3 Å². The fourth-order valence-corrected chi connectivity index (χ4v) is 4.09. The summed E-state index contributed by atoms with van der Waals surface area (Å²) in [5, 5.41) is 0. The van der Waals surface area contributed by atoms with E-state index in [0.29, 0.717) is 17.9 Å². The monoisotopic (exact) mass is 482 g/mol. The minimum Gasteiger partial charge on any atom is -0.464 e. The Balaban J connectivity index is 1.55. The van der Waals surface area contributed by atoms with Crippen LogP contribution < -0.4 is 0 Å². The van der Waals surface area contributed by atoms with E-state index in [1.807, 2.05) is 13.0 Å². The summed E-state index contributed by atoms with van der Waals surface area (Å²) in [4.78, 5) is 29.8. The molecule has 3 aromatic rings. The van der Waals surface area contributed by atoms with Crippen molar-refractivity contribution in [3.63, 3.8) is 0 Å². The molecule has 0 bridgehead atoms. The molecule has 1 atom stereocenters. The van der Waals surface area contributed by atoms with Crippen LogP contribution in [0.5, 0.6) is 0 Å². The van der Waals surface area contributed by atoms with E-state index in [1.54, 1.807) is 23.1 Å². The predicted octanol–water partition coefficient (Wildman–Crippen LogP) is 4.72.